The number of likely N-dealkylation sites (tertiary alicyclic amines) is 1. The fourth-order valence-corrected chi connectivity index (χ4v) is 4.22. The predicted octanol–water partition coefficient (Wildman–Crippen LogP) is 1.49. The van der Waals surface area contributed by atoms with Gasteiger partial charge in [0.25, 0.3) is 5.91 Å². The zero-order valence-electron chi connectivity index (χ0n) is 16.6. The van der Waals surface area contributed by atoms with E-state index >= 15 is 0 Å². The standard InChI is InChI=1S/C22H28N4O2/c1-16-13-23-8-7-19(16)17-3-5-18(6-4-17)22(28)26-14-20(21(27)15-26)25-11-9-24(2)10-12-25/h3-8,13,20-21,27H,9-12,14-15H2,1-2H3/t20-,21-/m0/s1. The van der Waals surface area contributed by atoms with Crippen LogP contribution in [0.3, 0.4) is 0 Å². The van der Waals surface area contributed by atoms with Crippen molar-refractivity contribution in [3.05, 3.63) is 53.9 Å². The number of aliphatic hydroxyl groups is 1. The van der Waals surface area contributed by atoms with Crippen LogP contribution in [0.1, 0.15) is 15.9 Å². The van der Waals surface area contributed by atoms with Crippen LogP contribution < -0.4 is 0 Å². The molecule has 2 aromatic rings. The summed E-state index contributed by atoms with van der Waals surface area (Å²) >= 11 is 0. The van der Waals surface area contributed by atoms with Crippen LogP contribution in [0.2, 0.25) is 0 Å². The molecule has 28 heavy (non-hydrogen) atoms. The van der Waals surface area contributed by atoms with Crippen molar-refractivity contribution in [1.82, 2.24) is 19.7 Å². The lowest BCUT2D eigenvalue weighted by molar-refractivity contribution is 0.0512. The lowest BCUT2D eigenvalue weighted by Crippen LogP contribution is -2.52. The second-order valence-corrected chi connectivity index (χ2v) is 7.95. The van der Waals surface area contributed by atoms with Gasteiger partial charge in [-0.05, 0) is 48.9 Å². The molecule has 0 spiro atoms. The number of nitrogens with zero attached hydrogens (tertiary/aromatic N) is 4. The summed E-state index contributed by atoms with van der Waals surface area (Å²) in [5.41, 5.74) is 3.98. The molecular weight excluding hydrogens is 352 g/mol. The summed E-state index contributed by atoms with van der Waals surface area (Å²) in [6, 6.07) is 9.76. The molecule has 3 heterocycles. The van der Waals surface area contributed by atoms with Crippen molar-refractivity contribution < 1.29 is 9.90 Å². The Kier molecular flexibility index (Phi) is 5.44. The predicted molar refractivity (Wildman–Crippen MR) is 109 cm³/mol. The first-order valence-corrected chi connectivity index (χ1v) is 9.94. The van der Waals surface area contributed by atoms with Crippen molar-refractivity contribution in [2.24, 2.45) is 0 Å². The Morgan fingerprint density at radius 1 is 1.07 bits per heavy atom. The first-order chi connectivity index (χ1) is 13.5. The van der Waals surface area contributed by atoms with E-state index < -0.39 is 6.10 Å². The molecule has 0 saturated carbocycles. The number of β-amino-alcohol motifs (C(OH)–C–C–N with tert-alkyl or cyclic N) is 1. The third-order valence-electron chi connectivity index (χ3n) is 6.02. The Morgan fingerprint density at radius 2 is 1.79 bits per heavy atom. The van der Waals surface area contributed by atoms with Gasteiger partial charge in [0.1, 0.15) is 0 Å². The molecule has 1 amide bonds. The number of carbonyl (C=O) groups is 1. The van der Waals surface area contributed by atoms with Crippen molar-refractivity contribution in [2.75, 3.05) is 46.3 Å². The monoisotopic (exact) mass is 380 g/mol. The lowest BCUT2D eigenvalue weighted by atomic mass is 10.0. The minimum Gasteiger partial charge on any atom is -0.390 e. The second-order valence-electron chi connectivity index (χ2n) is 7.95. The third kappa shape index (κ3) is 3.81. The van der Waals surface area contributed by atoms with Crippen LogP contribution in [0.4, 0.5) is 0 Å². The first kappa shape index (κ1) is 19.1. The molecule has 6 heteroatoms. The van der Waals surface area contributed by atoms with E-state index in [0.29, 0.717) is 18.7 Å². The van der Waals surface area contributed by atoms with Gasteiger partial charge in [-0.2, -0.15) is 0 Å². The quantitative estimate of drug-likeness (QED) is 0.874. The molecule has 1 N–H and O–H groups in total. The Labute approximate surface area is 166 Å². The summed E-state index contributed by atoms with van der Waals surface area (Å²) in [6.45, 7) is 6.93. The van der Waals surface area contributed by atoms with E-state index in [4.69, 9.17) is 0 Å². The summed E-state index contributed by atoms with van der Waals surface area (Å²) in [7, 11) is 2.12. The molecule has 148 valence electrons. The van der Waals surface area contributed by atoms with Crippen molar-refractivity contribution in [3.63, 3.8) is 0 Å². The van der Waals surface area contributed by atoms with E-state index in [2.05, 4.69) is 21.8 Å². The summed E-state index contributed by atoms with van der Waals surface area (Å²) in [5, 5.41) is 10.5. The van der Waals surface area contributed by atoms with Crippen LogP contribution in [-0.4, -0.2) is 89.2 Å². The number of likely N-dealkylation sites (N-methyl/N-ethyl adjacent to an activating group) is 1. The molecule has 2 fully saturated rings. The van der Waals surface area contributed by atoms with Gasteiger partial charge in [-0.15, -0.1) is 0 Å². The zero-order valence-corrected chi connectivity index (χ0v) is 16.6. The SMILES string of the molecule is Cc1cnccc1-c1ccc(C(=O)N2C[C@H](O)[C@@H](N3CCN(C)CC3)C2)cc1. The number of pyridine rings is 1. The van der Waals surface area contributed by atoms with Crippen molar-refractivity contribution in [1.29, 1.82) is 0 Å². The fourth-order valence-electron chi connectivity index (χ4n) is 4.22. The second kappa shape index (κ2) is 7.99. The maximum absolute atomic E-state index is 13.0. The molecule has 2 aliphatic rings. The lowest BCUT2D eigenvalue weighted by Gasteiger charge is -2.37. The van der Waals surface area contributed by atoms with Crippen LogP contribution in [-0.2, 0) is 0 Å². The number of hydrogen-bond acceptors (Lipinski definition) is 5. The summed E-state index contributed by atoms with van der Waals surface area (Å²) < 4.78 is 0. The highest BCUT2D eigenvalue weighted by Crippen LogP contribution is 2.24. The van der Waals surface area contributed by atoms with E-state index in [1.165, 1.54) is 0 Å². The van der Waals surface area contributed by atoms with Crippen LogP contribution in [0.15, 0.2) is 42.7 Å². The third-order valence-corrected chi connectivity index (χ3v) is 6.02. The highest BCUT2D eigenvalue weighted by molar-refractivity contribution is 5.95. The van der Waals surface area contributed by atoms with Crippen molar-refractivity contribution >= 4 is 5.91 Å². The number of benzene rings is 1. The minimum absolute atomic E-state index is 0.00585. The average molecular weight is 380 g/mol. The van der Waals surface area contributed by atoms with Gasteiger partial charge in [-0.25, -0.2) is 0 Å². The topological polar surface area (TPSA) is 59.9 Å². The largest absolute Gasteiger partial charge is 0.390 e. The van der Waals surface area contributed by atoms with Crippen LogP contribution in [0, 0.1) is 6.92 Å². The number of hydrogen-bond donors (Lipinski definition) is 1. The number of aryl methyl sites for hydroxylation is 1. The van der Waals surface area contributed by atoms with E-state index in [1.807, 2.05) is 43.5 Å². The molecule has 1 aromatic carbocycles. The number of aliphatic hydroxyl groups excluding tert-OH is 1. The normalized spacial score (nSPS) is 23.9. The number of carbonyl (C=O) groups excluding carboxylic acids is 1. The van der Waals surface area contributed by atoms with E-state index in [1.54, 1.807) is 11.1 Å². The Balaban J connectivity index is 1.44. The van der Waals surface area contributed by atoms with Crippen molar-refractivity contribution in [2.45, 2.75) is 19.1 Å². The van der Waals surface area contributed by atoms with E-state index in [0.717, 1.165) is 42.9 Å². The van der Waals surface area contributed by atoms with Crippen LogP contribution in [0.25, 0.3) is 11.1 Å². The van der Waals surface area contributed by atoms with E-state index in [-0.39, 0.29) is 11.9 Å². The van der Waals surface area contributed by atoms with Gasteiger partial charge in [0.2, 0.25) is 0 Å². The molecule has 1 aromatic heterocycles. The molecular formula is C22H28N4O2. The van der Waals surface area contributed by atoms with Crippen molar-refractivity contribution in [3.8, 4) is 11.1 Å². The molecule has 0 aliphatic carbocycles. The Bertz CT molecular complexity index is 831. The molecule has 2 atom stereocenters. The average Bonchev–Trinajstić information content (AvgIpc) is 3.10. The molecule has 2 aliphatic heterocycles. The summed E-state index contributed by atoms with van der Waals surface area (Å²) in [5.74, 6) is -0.00585. The molecule has 6 nitrogen and oxygen atoms in total. The van der Waals surface area contributed by atoms with Gasteiger partial charge < -0.3 is 14.9 Å². The number of rotatable bonds is 3. The smallest absolute Gasteiger partial charge is 0.253 e. The van der Waals surface area contributed by atoms with Gasteiger partial charge in [-0.1, -0.05) is 12.1 Å². The van der Waals surface area contributed by atoms with Gasteiger partial charge in [0, 0.05) is 57.2 Å². The maximum Gasteiger partial charge on any atom is 0.253 e. The number of amides is 1. The molecule has 0 radical (unpaired) electrons. The fraction of sp³-hybridized carbons (Fsp3) is 0.455. The van der Waals surface area contributed by atoms with Gasteiger partial charge >= 0.3 is 0 Å². The summed E-state index contributed by atoms with van der Waals surface area (Å²) in [4.78, 5) is 23.5. The molecule has 0 bridgehead atoms. The van der Waals surface area contributed by atoms with Gasteiger partial charge in [0.05, 0.1) is 12.1 Å². The molecule has 4 rings (SSSR count). The Morgan fingerprint density at radius 3 is 2.46 bits per heavy atom. The van der Waals surface area contributed by atoms with Crippen LogP contribution >= 0.6 is 0 Å². The number of piperazine rings is 1. The first-order valence-electron chi connectivity index (χ1n) is 9.94. The maximum atomic E-state index is 13.0. The van der Waals surface area contributed by atoms with Crippen LogP contribution in [0.5, 0.6) is 0 Å². The molecule has 2 saturated heterocycles. The highest BCUT2D eigenvalue weighted by atomic mass is 16.3. The minimum atomic E-state index is -0.480. The van der Waals surface area contributed by atoms with Gasteiger partial charge in [-0.3, -0.25) is 14.7 Å². The zero-order chi connectivity index (χ0) is 19.7. The highest BCUT2D eigenvalue weighted by Gasteiger charge is 2.38. The van der Waals surface area contributed by atoms with Gasteiger partial charge in [0.15, 0.2) is 0 Å². The summed E-state index contributed by atoms with van der Waals surface area (Å²) in [6.07, 6.45) is 3.15. The van der Waals surface area contributed by atoms with E-state index in [9.17, 15) is 9.90 Å². The Hall–Kier alpha value is -2.28. The molecule has 0 unspecified atom stereocenters. The number of aromatic nitrogens is 1.